The molecule has 1 fully saturated rings. The molecular weight excluding hydrogens is 72.9 g/mol. The van der Waals surface area contributed by atoms with Crippen LogP contribution in [0.4, 0.5) is 0 Å². The minimum absolute atomic E-state index is 0.435. The molecule has 1 aliphatic heterocycles. The summed E-state index contributed by atoms with van der Waals surface area (Å²) >= 11 is 0. The van der Waals surface area contributed by atoms with Crippen LogP contribution >= 0.6 is 0 Å². The molecule has 2 heteroatoms. The van der Waals surface area contributed by atoms with Gasteiger partial charge in [0.1, 0.15) is 0 Å². The Morgan fingerprint density at radius 1 is 1.67 bits per heavy atom. The van der Waals surface area contributed by atoms with Crippen LogP contribution in [0.3, 0.4) is 0 Å². The van der Waals surface area contributed by atoms with Gasteiger partial charge in [0.2, 0.25) is 0 Å². The zero-order chi connectivity index (χ0) is 4.41. The molecule has 0 aromatic heterocycles. The number of rotatable bonds is 0. The highest BCUT2D eigenvalue weighted by atomic mass is 14.9. The standard InChI is InChI=1S/C4H8BN/c5-4-1-2-6-3-4/h4,6H,1-3H2. The third-order valence-corrected chi connectivity index (χ3v) is 1.10. The van der Waals surface area contributed by atoms with Crippen molar-refractivity contribution in [2.75, 3.05) is 13.1 Å². The van der Waals surface area contributed by atoms with Gasteiger partial charge in [0, 0.05) is 0 Å². The first-order valence-corrected chi connectivity index (χ1v) is 2.36. The van der Waals surface area contributed by atoms with E-state index in [-0.39, 0.29) is 0 Å². The van der Waals surface area contributed by atoms with Gasteiger partial charge in [0.15, 0.2) is 0 Å². The molecule has 1 rings (SSSR count). The minimum atomic E-state index is 0.435. The highest BCUT2D eigenvalue weighted by Crippen LogP contribution is 2.06. The number of hydrogen-bond donors (Lipinski definition) is 1. The predicted octanol–water partition coefficient (Wildman–Crippen LogP) is -0.0633. The highest BCUT2D eigenvalue weighted by molar-refractivity contribution is 6.11. The van der Waals surface area contributed by atoms with Crippen LogP contribution in [0.15, 0.2) is 0 Å². The zero-order valence-electron chi connectivity index (χ0n) is 3.78. The van der Waals surface area contributed by atoms with Gasteiger partial charge in [-0.2, -0.15) is 0 Å². The SMILES string of the molecule is [B]C1CCNC1. The molecule has 1 saturated heterocycles. The van der Waals surface area contributed by atoms with E-state index in [0.717, 1.165) is 19.5 Å². The molecule has 0 aromatic rings. The molecule has 6 heavy (non-hydrogen) atoms. The van der Waals surface area contributed by atoms with Crippen LogP contribution in [0.2, 0.25) is 5.82 Å². The molecular formula is C4H8BN. The Labute approximate surface area is 39.5 Å². The Balaban J connectivity index is 2.18. The fraction of sp³-hybridized carbons (Fsp3) is 1.00. The van der Waals surface area contributed by atoms with Crippen molar-refractivity contribution in [2.45, 2.75) is 12.2 Å². The van der Waals surface area contributed by atoms with Gasteiger partial charge in [-0.05, 0) is 19.5 Å². The van der Waals surface area contributed by atoms with Crippen molar-refractivity contribution < 1.29 is 0 Å². The Morgan fingerprint density at radius 2 is 2.50 bits per heavy atom. The highest BCUT2D eigenvalue weighted by Gasteiger charge is 2.05. The third kappa shape index (κ3) is 0.746. The average molecular weight is 80.9 g/mol. The first-order valence-electron chi connectivity index (χ1n) is 2.36. The van der Waals surface area contributed by atoms with Crippen molar-refractivity contribution in [3.05, 3.63) is 0 Å². The lowest BCUT2D eigenvalue weighted by Crippen LogP contribution is -2.05. The van der Waals surface area contributed by atoms with E-state index >= 15 is 0 Å². The molecule has 0 aliphatic carbocycles. The molecule has 1 atom stereocenters. The minimum Gasteiger partial charge on any atom is -0.317 e. The summed E-state index contributed by atoms with van der Waals surface area (Å²) in [6.45, 7) is 2.13. The van der Waals surface area contributed by atoms with Crippen LogP contribution in [-0.4, -0.2) is 20.9 Å². The summed E-state index contributed by atoms with van der Waals surface area (Å²) in [4.78, 5) is 0. The van der Waals surface area contributed by atoms with E-state index in [0.29, 0.717) is 5.82 Å². The molecule has 0 spiro atoms. The molecule has 1 heterocycles. The fourth-order valence-electron chi connectivity index (χ4n) is 0.677. The zero-order valence-corrected chi connectivity index (χ0v) is 3.78. The Hall–Kier alpha value is 0.0249. The molecule has 1 unspecified atom stereocenters. The van der Waals surface area contributed by atoms with Crippen LogP contribution in [0.1, 0.15) is 6.42 Å². The van der Waals surface area contributed by atoms with Gasteiger partial charge in [0.05, 0.1) is 7.85 Å². The Morgan fingerprint density at radius 3 is 2.67 bits per heavy atom. The number of nitrogens with one attached hydrogen (secondary N) is 1. The van der Waals surface area contributed by atoms with Crippen molar-refractivity contribution in [1.29, 1.82) is 0 Å². The third-order valence-electron chi connectivity index (χ3n) is 1.10. The van der Waals surface area contributed by atoms with E-state index in [9.17, 15) is 0 Å². The second-order valence-electron chi connectivity index (χ2n) is 1.75. The van der Waals surface area contributed by atoms with Crippen LogP contribution in [0, 0.1) is 0 Å². The summed E-state index contributed by atoms with van der Waals surface area (Å²) in [6.07, 6.45) is 1.15. The predicted molar refractivity (Wildman–Crippen MR) is 27.0 cm³/mol. The van der Waals surface area contributed by atoms with Gasteiger partial charge in [-0.1, -0.05) is 5.82 Å². The summed E-state index contributed by atoms with van der Waals surface area (Å²) in [7, 11) is 5.47. The topological polar surface area (TPSA) is 12.0 Å². The fourth-order valence-corrected chi connectivity index (χ4v) is 0.677. The molecule has 1 N–H and O–H groups in total. The molecule has 32 valence electrons. The van der Waals surface area contributed by atoms with Crippen LogP contribution in [0.5, 0.6) is 0 Å². The van der Waals surface area contributed by atoms with E-state index in [1.807, 2.05) is 0 Å². The number of hydrogen-bond acceptors (Lipinski definition) is 1. The lowest BCUT2D eigenvalue weighted by molar-refractivity contribution is 0.856. The Bertz CT molecular complexity index is 40.8. The van der Waals surface area contributed by atoms with Crippen molar-refractivity contribution in [3.8, 4) is 0 Å². The molecule has 0 amide bonds. The van der Waals surface area contributed by atoms with Gasteiger partial charge in [-0.3, -0.25) is 0 Å². The van der Waals surface area contributed by atoms with Crippen LogP contribution in [0.25, 0.3) is 0 Å². The molecule has 0 saturated carbocycles. The maximum Gasteiger partial charge on any atom is 0.0717 e. The summed E-state index contributed by atoms with van der Waals surface area (Å²) in [6, 6.07) is 0. The maximum absolute atomic E-state index is 5.47. The van der Waals surface area contributed by atoms with Gasteiger partial charge in [-0.25, -0.2) is 0 Å². The van der Waals surface area contributed by atoms with Gasteiger partial charge < -0.3 is 5.32 Å². The normalized spacial score (nSPS) is 34.3. The lowest BCUT2D eigenvalue weighted by atomic mass is 9.87. The van der Waals surface area contributed by atoms with Gasteiger partial charge in [-0.15, -0.1) is 0 Å². The van der Waals surface area contributed by atoms with E-state index < -0.39 is 0 Å². The average Bonchev–Trinajstić information content (AvgIpc) is 1.86. The monoisotopic (exact) mass is 81.1 g/mol. The molecule has 0 aromatic carbocycles. The maximum atomic E-state index is 5.47. The first kappa shape index (κ1) is 4.19. The van der Waals surface area contributed by atoms with Crippen LogP contribution < -0.4 is 5.32 Å². The van der Waals surface area contributed by atoms with E-state index in [1.165, 1.54) is 0 Å². The molecule has 1 nitrogen and oxygen atoms in total. The summed E-state index contributed by atoms with van der Waals surface area (Å²) in [5.74, 6) is 0.435. The smallest absolute Gasteiger partial charge is 0.0717 e. The van der Waals surface area contributed by atoms with Gasteiger partial charge >= 0.3 is 0 Å². The largest absolute Gasteiger partial charge is 0.317 e. The van der Waals surface area contributed by atoms with Crippen molar-refractivity contribution in [1.82, 2.24) is 5.32 Å². The summed E-state index contributed by atoms with van der Waals surface area (Å²) in [5, 5.41) is 3.15. The summed E-state index contributed by atoms with van der Waals surface area (Å²) < 4.78 is 0. The van der Waals surface area contributed by atoms with Crippen molar-refractivity contribution in [2.24, 2.45) is 0 Å². The first-order chi connectivity index (χ1) is 2.89. The van der Waals surface area contributed by atoms with E-state index in [4.69, 9.17) is 7.85 Å². The van der Waals surface area contributed by atoms with Crippen molar-refractivity contribution in [3.63, 3.8) is 0 Å². The van der Waals surface area contributed by atoms with E-state index in [1.54, 1.807) is 0 Å². The quantitative estimate of drug-likeness (QED) is 0.402. The van der Waals surface area contributed by atoms with Gasteiger partial charge in [0.25, 0.3) is 0 Å². The second-order valence-corrected chi connectivity index (χ2v) is 1.75. The summed E-state index contributed by atoms with van der Waals surface area (Å²) in [5.41, 5.74) is 0. The van der Waals surface area contributed by atoms with E-state index in [2.05, 4.69) is 5.32 Å². The second kappa shape index (κ2) is 1.65. The Kier molecular flexibility index (Phi) is 1.15. The molecule has 1 aliphatic rings. The van der Waals surface area contributed by atoms with Crippen LogP contribution in [-0.2, 0) is 0 Å². The molecule has 0 bridgehead atoms. The lowest BCUT2D eigenvalue weighted by Gasteiger charge is -1.90. The van der Waals surface area contributed by atoms with Crippen molar-refractivity contribution >= 4 is 7.85 Å². The molecule has 2 radical (unpaired) electrons.